The Morgan fingerprint density at radius 3 is 3.00 bits per heavy atom. The van der Waals surface area contributed by atoms with Crippen LogP contribution in [-0.2, 0) is 28.9 Å². The summed E-state index contributed by atoms with van der Waals surface area (Å²) >= 11 is 0. The number of piperidine rings is 1. The fourth-order valence-electron chi connectivity index (χ4n) is 4.94. The Balaban J connectivity index is 1.36. The van der Waals surface area contributed by atoms with E-state index >= 15 is 0 Å². The van der Waals surface area contributed by atoms with Gasteiger partial charge in [-0.2, -0.15) is 0 Å². The number of rotatable bonds is 2. The van der Waals surface area contributed by atoms with Crippen LogP contribution in [0.3, 0.4) is 0 Å². The Hall–Kier alpha value is -2.51. The zero-order valence-corrected chi connectivity index (χ0v) is 17.4. The number of likely N-dealkylation sites (N-methyl/N-ethyl adjacent to an activating group) is 1. The van der Waals surface area contributed by atoms with Gasteiger partial charge in [0.25, 0.3) is 11.5 Å². The molecule has 0 saturated carbocycles. The van der Waals surface area contributed by atoms with E-state index in [-0.39, 0.29) is 17.4 Å². The third-order valence-electron chi connectivity index (χ3n) is 6.62. The highest BCUT2D eigenvalue weighted by Gasteiger charge is 2.34. The highest BCUT2D eigenvalue weighted by Crippen LogP contribution is 2.32. The van der Waals surface area contributed by atoms with Gasteiger partial charge in [-0.15, -0.1) is 0 Å². The second kappa shape index (κ2) is 7.96. The van der Waals surface area contributed by atoms with Crippen molar-refractivity contribution in [1.29, 1.82) is 0 Å². The van der Waals surface area contributed by atoms with Crippen LogP contribution < -0.4 is 5.56 Å². The molecule has 1 aromatic carbocycles. The number of aromatic amines is 1. The normalized spacial score (nSPS) is 24.2. The predicted octanol–water partition coefficient (Wildman–Crippen LogP) is 1.78. The first-order valence-corrected chi connectivity index (χ1v) is 10.9. The fourth-order valence-corrected chi connectivity index (χ4v) is 4.94. The van der Waals surface area contributed by atoms with Crippen molar-refractivity contribution in [2.75, 3.05) is 33.3 Å². The average molecular weight is 409 g/mol. The Labute approximate surface area is 176 Å². The lowest BCUT2D eigenvalue weighted by Crippen LogP contribution is -2.44. The summed E-state index contributed by atoms with van der Waals surface area (Å²) in [6.07, 6.45) is 2.94. The first kappa shape index (κ1) is 19.5. The number of nitrogens with one attached hydrogen (secondary N) is 1. The van der Waals surface area contributed by atoms with E-state index in [2.05, 4.69) is 16.0 Å². The summed E-state index contributed by atoms with van der Waals surface area (Å²) in [6.45, 7) is 3.42. The molecule has 1 amide bonds. The summed E-state index contributed by atoms with van der Waals surface area (Å²) in [4.78, 5) is 37.9. The Morgan fingerprint density at radius 2 is 2.10 bits per heavy atom. The first-order chi connectivity index (χ1) is 14.6. The maximum Gasteiger partial charge on any atom is 0.256 e. The van der Waals surface area contributed by atoms with E-state index in [1.54, 1.807) is 0 Å². The minimum Gasteiger partial charge on any atom is -0.363 e. The minimum absolute atomic E-state index is 0.0220. The smallest absolute Gasteiger partial charge is 0.256 e. The summed E-state index contributed by atoms with van der Waals surface area (Å²) in [5.41, 5.74) is 3.85. The van der Waals surface area contributed by atoms with Crippen LogP contribution in [0.5, 0.6) is 0 Å². The molecule has 1 aromatic heterocycles. The van der Waals surface area contributed by atoms with Crippen molar-refractivity contribution in [3.63, 3.8) is 0 Å². The van der Waals surface area contributed by atoms with Crippen LogP contribution in [0, 0.1) is 0 Å². The number of hydrogen-bond donors (Lipinski definition) is 1. The van der Waals surface area contributed by atoms with Gasteiger partial charge in [0.2, 0.25) is 0 Å². The van der Waals surface area contributed by atoms with Crippen molar-refractivity contribution in [1.82, 2.24) is 19.8 Å². The van der Waals surface area contributed by atoms with Crippen molar-refractivity contribution in [2.45, 2.75) is 44.2 Å². The molecule has 3 aliphatic rings. The Morgan fingerprint density at radius 1 is 1.23 bits per heavy atom. The summed E-state index contributed by atoms with van der Waals surface area (Å²) in [7, 11) is 2.02. The van der Waals surface area contributed by atoms with Crippen LogP contribution in [0.15, 0.2) is 29.1 Å². The molecule has 0 unspecified atom stereocenters. The lowest BCUT2D eigenvalue weighted by molar-refractivity contribution is -0.146. The van der Waals surface area contributed by atoms with E-state index in [0.29, 0.717) is 19.7 Å². The number of aromatic nitrogens is 2. The standard InChI is InChI=1S/C23H28N4O3/c1-26-11-8-19-18(14-26)22(28)25-21(24-19)16-6-4-10-27(13-16)23(29)20-17-7-3-2-5-15(17)9-12-30-20/h2-3,5,7,16,20H,4,6,8-14H2,1H3,(H,24,25,28)/t16-,20+/m1/s1. The molecule has 2 atom stereocenters. The molecule has 7 heteroatoms. The summed E-state index contributed by atoms with van der Waals surface area (Å²) in [5, 5.41) is 0. The number of hydrogen-bond acceptors (Lipinski definition) is 5. The quantitative estimate of drug-likeness (QED) is 0.820. The predicted molar refractivity (Wildman–Crippen MR) is 112 cm³/mol. The molecule has 0 spiro atoms. The van der Waals surface area contributed by atoms with Gasteiger partial charge in [-0.25, -0.2) is 4.98 Å². The average Bonchev–Trinajstić information content (AvgIpc) is 2.78. The number of H-pyrrole nitrogens is 1. The number of nitrogens with zero attached hydrogens (tertiary/aromatic N) is 3. The van der Waals surface area contributed by atoms with Crippen LogP contribution in [0.2, 0.25) is 0 Å². The summed E-state index contributed by atoms with van der Waals surface area (Å²) < 4.78 is 5.89. The maximum absolute atomic E-state index is 13.3. The van der Waals surface area contributed by atoms with Crippen LogP contribution in [-0.4, -0.2) is 59.0 Å². The van der Waals surface area contributed by atoms with E-state index in [0.717, 1.165) is 61.4 Å². The molecule has 0 aliphatic carbocycles. The molecule has 30 heavy (non-hydrogen) atoms. The Kier molecular flexibility index (Phi) is 5.16. The molecule has 158 valence electrons. The van der Waals surface area contributed by atoms with Crippen molar-refractivity contribution in [3.8, 4) is 0 Å². The van der Waals surface area contributed by atoms with Gasteiger partial charge in [-0.05, 0) is 37.4 Å². The molecule has 1 N–H and O–H groups in total. The molecule has 1 saturated heterocycles. The van der Waals surface area contributed by atoms with E-state index in [9.17, 15) is 9.59 Å². The van der Waals surface area contributed by atoms with Crippen molar-refractivity contribution >= 4 is 5.91 Å². The maximum atomic E-state index is 13.3. The zero-order valence-electron chi connectivity index (χ0n) is 17.4. The minimum atomic E-state index is -0.528. The van der Waals surface area contributed by atoms with Gasteiger partial charge in [0, 0.05) is 38.5 Å². The SMILES string of the molecule is CN1CCc2nc([C@@H]3CCCN(C(=O)[C@H]4OCCc5ccccc54)C3)[nH]c(=O)c2C1. The largest absolute Gasteiger partial charge is 0.363 e. The number of fused-ring (bicyclic) bond motifs is 2. The highest BCUT2D eigenvalue weighted by atomic mass is 16.5. The van der Waals surface area contributed by atoms with Crippen LogP contribution in [0.25, 0.3) is 0 Å². The van der Waals surface area contributed by atoms with Crippen LogP contribution in [0.1, 0.15) is 53.1 Å². The van der Waals surface area contributed by atoms with Gasteiger partial charge < -0.3 is 19.5 Å². The number of carbonyl (C=O) groups is 1. The zero-order chi connectivity index (χ0) is 20.7. The third-order valence-corrected chi connectivity index (χ3v) is 6.62. The molecular weight excluding hydrogens is 380 g/mol. The summed E-state index contributed by atoms with van der Waals surface area (Å²) in [5.74, 6) is 0.804. The van der Waals surface area contributed by atoms with E-state index in [1.165, 1.54) is 5.56 Å². The Bertz CT molecular complexity index is 1020. The number of carbonyl (C=O) groups excluding carboxylic acids is 1. The lowest BCUT2D eigenvalue weighted by atomic mass is 9.93. The molecule has 2 aromatic rings. The molecule has 7 nitrogen and oxygen atoms in total. The monoisotopic (exact) mass is 408 g/mol. The van der Waals surface area contributed by atoms with Crippen molar-refractivity contribution < 1.29 is 9.53 Å². The second-order valence-electron chi connectivity index (χ2n) is 8.69. The van der Waals surface area contributed by atoms with E-state index in [1.807, 2.05) is 30.1 Å². The van der Waals surface area contributed by atoms with Gasteiger partial charge in [0.1, 0.15) is 5.82 Å². The number of amides is 1. The second-order valence-corrected chi connectivity index (χ2v) is 8.69. The van der Waals surface area contributed by atoms with Crippen LogP contribution >= 0.6 is 0 Å². The van der Waals surface area contributed by atoms with Crippen LogP contribution in [0.4, 0.5) is 0 Å². The van der Waals surface area contributed by atoms with Crippen molar-refractivity contribution in [3.05, 3.63) is 62.8 Å². The van der Waals surface area contributed by atoms with Gasteiger partial charge in [-0.1, -0.05) is 24.3 Å². The number of benzene rings is 1. The van der Waals surface area contributed by atoms with Gasteiger partial charge in [0.05, 0.1) is 17.9 Å². The molecule has 1 fully saturated rings. The molecule has 3 aliphatic heterocycles. The molecular formula is C23H28N4O3. The molecule has 0 radical (unpaired) electrons. The van der Waals surface area contributed by atoms with E-state index < -0.39 is 6.10 Å². The van der Waals surface area contributed by atoms with Gasteiger partial charge in [-0.3, -0.25) is 9.59 Å². The fraction of sp³-hybridized carbons (Fsp3) is 0.522. The lowest BCUT2D eigenvalue weighted by Gasteiger charge is -2.36. The third kappa shape index (κ3) is 3.56. The first-order valence-electron chi connectivity index (χ1n) is 10.9. The highest BCUT2D eigenvalue weighted by molar-refractivity contribution is 5.83. The summed E-state index contributed by atoms with van der Waals surface area (Å²) in [6, 6.07) is 8.05. The van der Waals surface area contributed by atoms with Gasteiger partial charge >= 0.3 is 0 Å². The van der Waals surface area contributed by atoms with Crippen molar-refractivity contribution in [2.24, 2.45) is 0 Å². The van der Waals surface area contributed by atoms with Gasteiger partial charge in [0.15, 0.2) is 6.10 Å². The number of likely N-dealkylation sites (tertiary alicyclic amines) is 1. The van der Waals surface area contributed by atoms with E-state index in [4.69, 9.17) is 9.72 Å². The molecule has 5 rings (SSSR count). The molecule has 4 heterocycles. The number of ether oxygens (including phenoxy) is 1. The topological polar surface area (TPSA) is 78.5 Å². The molecule has 0 bridgehead atoms.